The van der Waals surface area contributed by atoms with Gasteiger partial charge in [-0.05, 0) is 0 Å². The number of hydrogen-bond acceptors (Lipinski definition) is 4. The molecule has 0 spiro atoms. The second-order valence-corrected chi connectivity index (χ2v) is 3.63. The minimum Gasteiger partial charge on any atom is -0.380 e. The average molecular weight is 165 g/mol. The summed E-state index contributed by atoms with van der Waals surface area (Å²) in [7, 11) is 0. The Morgan fingerprint density at radius 3 is 2.42 bits per heavy atom. The zero-order valence-electron chi connectivity index (χ0n) is 7.38. The SMILES string of the molecule is CC(C)(C)c1onc(N)c1C#N. The van der Waals surface area contributed by atoms with Crippen LogP contribution in [0.5, 0.6) is 0 Å². The van der Waals surface area contributed by atoms with Crippen molar-refractivity contribution in [1.82, 2.24) is 5.16 Å². The molecule has 0 saturated heterocycles. The lowest BCUT2D eigenvalue weighted by Gasteiger charge is -2.13. The highest BCUT2D eigenvalue weighted by atomic mass is 16.5. The van der Waals surface area contributed by atoms with Gasteiger partial charge in [0.25, 0.3) is 0 Å². The molecule has 2 N–H and O–H groups in total. The molecule has 64 valence electrons. The van der Waals surface area contributed by atoms with E-state index in [2.05, 4.69) is 5.16 Å². The van der Waals surface area contributed by atoms with E-state index in [1.165, 1.54) is 0 Å². The molecule has 1 rings (SSSR count). The van der Waals surface area contributed by atoms with E-state index in [1.807, 2.05) is 26.8 Å². The molecule has 0 unspecified atom stereocenters. The van der Waals surface area contributed by atoms with E-state index in [4.69, 9.17) is 15.5 Å². The molecule has 0 radical (unpaired) electrons. The van der Waals surface area contributed by atoms with E-state index in [9.17, 15) is 0 Å². The predicted molar refractivity (Wildman–Crippen MR) is 44.3 cm³/mol. The van der Waals surface area contributed by atoms with Gasteiger partial charge in [-0.15, -0.1) is 0 Å². The molecule has 4 nitrogen and oxygen atoms in total. The quantitative estimate of drug-likeness (QED) is 0.630. The van der Waals surface area contributed by atoms with Crippen LogP contribution in [0.25, 0.3) is 0 Å². The Bertz CT molecular complexity index is 327. The second kappa shape index (κ2) is 2.52. The van der Waals surface area contributed by atoms with Crippen LogP contribution < -0.4 is 5.73 Å². The van der Waals surface area contributed by atoms with Gasteiger partial charge < -0.3 is 10.3 Å². The lowest BCUT2D eigenvalue weighted by molar-refractivity contribution is 0.330. The molecule has 0 bridgehead atoms. The fourth-order valence-electron chi connectivity index (χ4n) is 0.922. The predicted octanol–water partition coefficient (Wildman–Crippen LogP) is 1.43. The molecular weight excluding hydrogens is 154 g/mol. The summed E-state index contributed by atoms with van der Waals surface area (Å²) in [5, 5.41) is 12.3. The molecule has 0 fully saturated rings. The molecule has 0 atom stereocenters. The highest BCUT2D eigenvalue weighted by Crippen LogP contribution is 2.28. The van der Waals surface area contributed by atoms with Gasteiger partial charge in [0.15, 0.2) is 11.6 Å². The van der Waals surface area contributed by atoms with Crippen LogP contribution in [0.3, 0.4) is 0 Å². The zero-order valence-corrected chi connectivity index (χ0v) is 7.38. The first kappa shape index (κ1) is 8.60. The highest BCUT2D eigenvalue weighted by Gasteiger charge is 2.25. The molecular formula is C8H11N3O. The monoisotopic (exact) mass is 165 g/mol. The van der Waals surface area contributed by atoms with Gasteiger partial charge in [0.05, 0.1) is 0 Å². The Morgan fingerprint density at radius 1 is 1.50 bits per heavy atom. The van der Waals surface area contributed by atoms with Crippen molar-refractivity contribution in [2.75, 3.05) is 5.73 Å². The van der Waals surface area contributed by atoms with E-state index in [0.717, 1.165) is 0 Å². The van der Waals surface area contributed by atoms with Gasteiger partial charge in [-0.2, -0.15) is 5.26 Å². The van der Waals surface area contributed by atoms with Crippen LogP contribution in [0.4, 0.5) is 5.82 Å². The van der Waals surface area contributed by atoms with Crippen LogP contribution in [0.15, 0.2) is 4.52 Å². The van der Waals surface area contributed by atoms with Crippen LogP contribution in [-0.4, -0.2) is 5.16 Å². The average Bonchev–Trinajstić information content (AvgIpc) is 2.29. The van der Waals surface area contributed by atoms with Gasteiger partial charge in [-0.25, -0.2) is 0 Å². The van der Waals surface area contributed by atoms with Crippen LogP contribution in [0, 0.1) is 11.3 Å². The summed E-state index contributed by atoms with van der Waals surface area (Å²) in [6.45, 7) is 5.81. The number of nitrogens with zero attached hydrogens (tertiary/aromatic N) is 2. The summed E-state index contributed by atoms with van der Waals surface area (Å²) in [5.41, 5.74) is 5.54. The fraction of sp³-hybridized carbons (Fsp3) is 0.500. The molecule has 0 aromatic carbocycles. The lowest BCUT2D eigenvalue weighted by atomic mass is 9.91. The molecule has 1 aromatic rings. The van der Waals surface area contributed by atoms with Crippen molar-refractivity contribution in [2.45, 2.75) is 26.2 Å². The van der Waals surface area contributed by atoms with Crippen molar-refractivity contribution in [3.63, 3.8) is 0 Å². The number of rotatable bonds is 0. The van der Waals surface area contributed by atoms with Crippen LogP contribution >= 0.6 is 0 Å². The normalized spacial score (nSPS) is 11.2. The first-order chi connectivity index (χ1) is 5.46. The largest absolute Gasteiger partial charge is 0.380 e. The molecule has 0 amide bonds. The summed E-state index contributed by atoms with van der Waals surface area (Å²) >= 11 is 0. The van der Waals surface area contributed by atoms with Gasteiger partial charge in [0.1, 0.15) is 11.6 Å². The van der Waals surface area contributed by atoms with Crippen molar-refractivity contribution in [3.8, 4) is 6.07 Å². The van der Waals surface area contributed by atoms with Crippen molar-refractivity contribution in [3.05, 3.63) is 11.3 Å². The Morgan fingerprint density at radius 2 is 2.08 bits per heavy atom. The smallest absolute Gasteiger partial charge is 0.185 e. The van der Waals surface area contributed by atoms with E-state index < -0.39 is 0 Å². The van der Waals surface area contributed by atoms with Gasteiger partial charge >= 0.3 is 0 Å². The molecule has 4 heteroatoms. The minimum atomic E-state index is -0.227. The third-order valence-corrected chi connectivity index (χ3v) is 1.51. The van der Waals surface area contributed by atoms with Crippen LogP contribution in [-0.2, 0) is 5.41 Å². The Hall–Kier alpha value is -1.50. The molecule has 12 heavy (non-hydrogen) atoms. The zero-order chi connectivity index (χ0) is 9.35. The third-order valence-electron chi connectivity index (χ3n) is 1.51. The molecule has 0 aliphatic carbocycles. The summed E-state index contributed by atoms with van der Waals surface area (Å²) in [6.07, 6.45) is 0. The maximum Gasteiger partial charge on any atom is 0.185 e. The fourth-order valence-corrected chi connectivity index (χ4v) is 0.922. The molecule has 0 saturated carbocycles. The summed E-state index contributed by atoms with van der Waals surface area (Å²) < 4.78 is 4.95. The Labute approximate surface area is 71.0 Å². The highest BCUT2D eigenvalue weighted by molar-refractivity contribution is 5.51. The molecule has 1 aromatic heterocycles. The minimum absolute atomic E-state index is 0.169. The molecule has 0 aliphatic rings. The van der Waals surface area contributed by atoms with E-state index in [1.54, 1.807) is 0 Å². The maximum absolute atomic E-state index is 8.72. The van der Waals surface area contributed by atoms with Gasteiger partial charge in [0, 0.05) is 5.41 Å². The number of nitriles is 1. The number of nitrogens with two attached hydrogens (primary N) is 1. The third kappa shape index (κ3) is 1.26. The topological polar surface area (TPSA) is 75.8 Å². The Kier molecular flexibility index (Phi) is 1.81. The Balaban J connectivity index is 3.28. The molecule has 0 aliphatic heterocycles. The van der Waals surface area contributed by atoms with E-state index in [0.29, 0.717) is 11.3 Å². The van der Waals surface area contributed by atoms with Crippen molar-refractivity contribution < 1.29 is 4.52 Å². The van der Waals surface area contributed by atoms with Crippen LogP contribution in [0.1, 0.15) is 32.1 Å². The van der Waals surface area contributed by atoms with Crippen molar-refractivity contribution >= 4 is 5.82 Å². The number of anilines is 1. The van der Waals surface area contributed by atoms with Gasteiger partial charge in [-0.3, -0.25) is 0 Å². The summed E-state index contributed by atoms with van der Waals surface area (Å²) in [6, 6.07) is 1.97. The van der Waals surface area contributed by atoms with E-state index >= 15 is 0 Å². The summed E-state index contributed by atoms with van der Waals surface area (Å²) in [4.78, 5) is 0. The summed E-state index contributed by atoms with van der Waals surface area (Å²) in [5.74, 6) is 0.713. The number of hydrogen-bond donors (Lipinski definition) is 1. The maximum atomic E-state index is 8.72. The van der Waals surface area contributed by atoms with E-state index in [-0.39, 0.29) is 11.2 Å². The van der Waals surface area contributed by atoms with Gasteiger partial charge in [0.2, 0.25) is 0 Å². The first-order valence-corrected chi connectivity index (χ1v) is 3.62. The van der Waals surface area contributed by atoms with Crippen LogP contribution in [0.2, 0.25) is 0 Å². The van der Waals surface area contributed by atoms with Crippen molar-refractivity contribution in [2.24, 2.45) is 0 Å². The second-order valence-electron chi connectivity index (χ2n) is 3.63. The lowest BCUT2D eigenvalue weighted by Crippen LogP contribution is -2.11. The first-order valence-electron chi connectivity index (χ1n) is 3.62. The van der Waals surface area contributed by atoms with Gasteiger partial charge in [-0.1, -0.05) is 25.9 Å². The number of nitrogen functional groups attached to an aromatic ring is 1. The number of aromatic nitrogens is 1. The van der Waals surface area contributed by atoms with Crippen molar-refractivity contribution in [1.29, 1.82) is 5.26 Å². The molecule has 1 heterocycles. The standard InChI is InChI=1S/C8H11N3O/c1-8(2,3)6-5(4-9)7(10)11-12-6/h1-3H3,(H2,10,11).